The van der Waals surface area contributed by atoms with Crippen LogP contribution in [0.15, 0.2) is 10.9 Å². The normalized spacial score (nSPS) is 21.3. The lowest BCUT2D eigenvalue weighted by atomic mass is 10.2. The molecule has 3 heterocycles. The van der Waals surface area contributed by atoms with Gasteiger partial charge in [-0.1, -0.05) is 13.8 Å². The van der Waals surface area contributed by atoms with Crippen molar-refractivity contribution >= 4 is 34.5 Å². The minimum atomic E-state index is -0.198. The third-order valence-corrected chi connectivity index (χ3v) is 5.64. The van der Waals surface area contributed by atoms with Gasteiger partial charge in [0.05, 0.1) is 5.52 Å². The molecule has 0 aliphatic carbocycles. The number of carbonyl (C=O) groups excluding carboxylic acids is 1. The summed E-state index contributed by atoms with van der Waals surface area (Å²) in [6.45, 7) is 7.51. The smallest absolute Gasteiger partial charge is 0.322 e. The number of amides is 2. The van der Waals surface area contributed by atoms with Crippen LogP contribution in [0.2, 0.25) is 0 Å². The van der Waals surface area contributed by atoms with Crippen LogP contribution < -0.4 is 10.9 Å². The van der Waals surface area contributed by atoms with E-state index in [0.717, 1.165) is 11.2 Å². The van der Waals surface area contributed by atoms with E-state index in [-0.39, 0.29) is 11.6 Å². The number of carbonyl (C=O) groups is 1. The second-order valence-corrected chi connectivity index (χ2v) is 8.36. The number of thioether (sulfide) groups is 1. The van der Waals surface area contributed by atoms with Gasteiger partial charge in [0.1, 0.15) is 5.39 Å². The van der Waals surface area contributed by atoms with Crippen molar-refractivity contribution in [2.45, 2.75) is 31.3 Å². The summed E-state index contributed by atoms with van der Waals surface area (Å²) in [5, 5.41) is 8.43. The summed E-state index contributed by atoms with van der Waals surface area (Å²) in [7, 11) is 3.50. The van der Waals surface area contributed by atoms with Gasteiger partial charge in [0.25, 0.3) is 5.56 Å². The summed E-state index contributed by atoms with van der Waals surface area (Å²) >= 11 is 1.89. The topological polar surface area (TPSA) is 72.2 Å². The third kappa shape index (κ3) is 2.90. The molecule has 0 saturated carbocycles. The van der Waals surface area contributed by atoms with Gasteiger partial charge in [-0.2, -0.15) is 16.9 Å². The molecule has 0 aromatic carbocycles. The van der Waals surface area contributed by atoms with Crippen LogP contribution in [0, 0.1) is 6.92 Å². The van der Waals surface area contributed by atoms with Crippen molar-refractivity contribution < 1.29 is 4.79 Å². The van der Waals surface area contributed by atoms with Crippen LogP contribution in [0.3, 0.4) is 0 Å². The molecule has 2 amide bonds. The van der Waals surface area contributed by atoms with E-state index in [2.05, 4.69) is 24.3 Å². The molecule has 1 fully saturated rings. The predicted molar refractivity (Wildman–Crippen MR) is 97.8 cm³/mol. The number of urea groups is 1. The second kappa shape index (κ2) is 6.16. The molecule has 1 saturated heterocycles. The lowest BCUT2D eigenvalue weighted by Gasteiger charge is -2.34. The summed E-state index contributed by atoms with van der Waals surface area (Å²) in [5.41, 5.74) is 1.43. The van der Waals surface area contributed by atoms with Crippen molar-refractivity contribution in [3.8, 4) is 0 Å². The summed E-state index contributed by atoms with van der Waals surface area (Å²) < 4.78 is 3.21. The Morgan fingerprint density at radius 1 is 1.29 bits per heavy atom. The number of pyridine rings is 1. The Balaban J connectivity index is 1.94. The number of nitrogens with one attached hydrogen (secondary N) is 1. The Bertz CT molecular complexity index is 846. The Morgan fingerprint density at radius 3 is 2.54 bits per heavy atom. The molecular formula is C16H23N5O2S. The fourth-order valence-electron chi connectivity index (χ4n) is 3.15. The number of nitrogens with zero attached hydrogens (tertiary/aromatic N) is 4. The van der Waals surface area contributed by atoms with Crippen molar-refractivity contribution in [2.75, 3.05) is 18.4 Å². The molecule has 7 nitrogen and oxygen atoms in total. The molecule has 1 N–H and O–H groups in total. The maximum atomic E-state index is 12.6. The molecule has 2 unspecified atom stereocenters. The molecule has 2 aromatic rings. The highest BCUT2D eigenvalue weighted by atomic mass is 32.2. The SMILES string of the molecule is Cc1cc2c(c(NC(=O)N3CC(C)SC(C)C3)nn2C)c(=O)n1C. The van der Waals surface area contributed by atoms with E-state index in [4.69, 9.17) is 0 Å². The van der Waals surface area contributed by atoms with Gasteiger partial charge in [0, 0.05) is 43.4 Å². The van der Waals surface area contributed by atoms with E-state index in [9.17, 15) is 9.59 Å². The first-order valence-corrected chi connectivity index (χ1v) is 8.97. The molecule has 8 heteroatoms. The van der Waals surface area contributed by atoms with Gasteiger partial charge in [-0.15, -0.1) is 0 Å². The highest BCUT2D eigenvalue weighted by Crippen LogP contribution is 2.26. The number of rotatable bonds is 1. The zero-order valence-electron chi connectivity index (χ0n) is 14.7. The van der Waals surface area contributed by atoms with E-state index in [1.54, 1.807) is 28.2 Å². The molecule has 2 atom stereocenters. The molecule has 130 valence electrons. The quantitative estimate of drug-likeness (QED) is 0.854. The van der Waals surface area contributed by atoms with Crippen LogP contribution in [0.1, 0.15) is 19.5 Å². The molecule has 2 aromatic heterocycles. The zero-order valence-corrected chi connectivity index (χ0v) is 15.5. The van der Waals surface area contributed by atoms with Gasteiger partial charge in [-0.3, -0.25) is 14.8 Å². The van der Waals surface area contributed by atoms with Crippen LogP contribution in [0.5, 0.6) is 0 Å². The Labute approximate surface area is 145 Å². The number of aromatic nitrogens is 3. The fraction of sp³-hybridized carbons (Fsp3) is 0.562. The molecule has 1 aliphatic rings. The van der Waals surface area contributed by atoms with Gasteiger partial charge in [-0.25, -0.2) is 4.79 Å². The minimum absolute atomic E-state index is 0.149. The van der Waals surface area contributed by atoms with Crippen molar-refractivity contribution in [3.05, 3.63) is 22.1 Å². The Kier molecular flexibility index (Phi) is 4.33. The Morgan fingerprint density at radius 2 is 1.92 bits per heavy atom. The standard InChI is InChI=1S/C16H23N5O2S/c1-9-6-12-13(15(22)19(9)4)14(18-20(12)5)17-16(23)21-7-10(2)24-11(3)8-21/h6,10-11H,7-8H2,1-5H3,(H,17,18,23). The van der Waals surface area contributed by atoms with E-state index in [1.807, 2.05) is 24.8 Å². The monoisotopic (exact) mass is 349 g/mol. The Hall–Kier alpha value is -1.96. The van der Waals surface area contributed by atoms with E-state index < -0.39 is 0 Å². The maximum Gasteiger partial charge on any atom is 0.323 e. The maximum absolute atomic E-state index is 12.6. The van der Waals surface area contributed by atoms with Gasteiger partial charge in [0.15, 0.2) is 5.82 Å². The third-order valence-electron chi connectivity index (χ3n) is 4.42. The lowest BCUT2D eigenvalue weighted by molar-refractivity contribution is 0.211. The van der Waals surface area contributed by atoms with Crippen LogP contribution in [0.4, 0.5) is 10.6 Å². The van der Waals surface area contributed by atoms with Crippen LogP contribution in [0.25, 0.3) is 10.9 Å². The van der Waals surface area contributed by atoms with Crippen molar-refractivity contribution in [2.24, 2.45) is 14.1 Å². The van der Waals surface area contributed by atoms with E-state index in [0.29, 0.717) is 34.8 Å². The van der Waals surface area contributed by atoms with Crippen molar-refractivity contribution in [1.29, 1.82) is 0 Å². The molecule has 1 aliphatic heterocycles. The van der Waals surface area contributed by atoms with Gasteiger partial charge < -0.3 is 9.47 Å². The average Bonchev–Trinajstić information content (AvgIpc) is 2.80. The summed E-state index contributed by atoms with van der Waals surface area (Å²) in [6, 6.07) is 1.71. The highest BCUT2D eigenvalue weighted by molar-refractivity contribution is 8.00. The molecular weight excluding hydrogens is 326 g/mol. The first-order chi connectivity index (χ1) is 11.3. The largest absolute Gasteiger partial charge is 0.323 e. The first kappa shape index (κ1) is 16.9. The predicted octanol–water partition coefficient (Wildman–Crippen LogP) is 1.94. The molecule has 0 radical (unpaired) electrons. The van der Waals surface area contributed by atoms with E-state index in [1.165, 1.54) is 0 Å². The highest BCUT2D eigenvalue weighted by Gasteiger charge is 2.27. The van der Waals surface area contributed by atoms with Crippen molar-refractivity contribution in [1.82, 2.24) is 19.2 Å². The first-order valence-electron chi connectivity index (χ1n) is 8.02. The molecule has 3 rings (SSSR count). The number of fused-ring (bicyclic) bond motifs is 1. The average molecular weight is 349 g/mol. The van der Waals surface area contributed by atoms with E-state index >= 15 is 0 Å². The molecule has 0 bridgehead atoms. The summed E-state index contributed by atoms with van der Waals surface area (Å²) in [4.78, 5) is 27.0. The number of anilines is 1. The van der Waals surface area contributed by atoms with Crippen LogP contribution in [-0.4, -0.2) is 48.9 Å². The number of hydrogen-bond donors (Lipinski definition) is 1. The molecule has 0 spiro atoms. The second-order valence-electron chi connectivity index (χ2n) is 6.47. The fourth-order valence-corrected chi connectivity index (χ4v) is 4.47. The minimum Gasteiger partial charge on any atom is -0.322 e. The molecule has 24 heavy (non-hydrogen) atoms. The zero-order chi connectivity index (χ0) is 17.6. The van der Waals surface area contributed by atoms with Crippen LogP contribution >= 0.6 is 11.8 Å². The van der Waals surface area contributed by atoms with Gasteiger partial charge >= 0.3 is 6.03 Å². The number of hydrogen-bond acceptors (Lipinski definition) is 4. The number of aryl methyl sites for hydroxylation is 2. The van der Waals surface area contributed by atoms with Gasteiger partial charge in [0.2, 0.25) is 0 Å². The van der Waals surface area contributed by atoms with Gasteiger partial charge in [-0.05, 0) is 13.0 Å². The van der Waals surface area contributed by atoms with Crippen LogP contribution in [-0.2, 0) is 14.1 Å². The van der Waals surface area contributed by atoms with Crippen molar-refractivity contribution in [3.63, 3.8) is 0 Å². The lowest BCUT2D eigenvalue weighted by Crippen LogP contribution is -2.46. The summed E-state index contributed by atoms with van der Waals surface area (Å²) in [5.74, 6) is 0.330. The summed E-state index contributed by atoms with van der Waals surface area (Å²) in [6.07, 6.45) is 0.